The van der Waals surface area contributed by atoms with Crippen molar-refractivity contribution >= 4 is 17.6 Å². The molecule has 1 rings (SSSR count). The van der Waals surface area contributed by atoms with Crippen LogP contribution in [0.5, 0.6) is 0 Å². The van der Waals surface area contributed by atoms with Gasteiger partial charge in [0.1, 0.15) is 12.1 Å². The molecule has 1 saturated heterocycles. The number of carbonyl (C=O) groups is 3. The number of hydrogen-bond donors (Lipinski definition) is 3. The molecular formula is C15H26N2O5. The summed E-state index contributed by atoms with van der Waals surface area (Å²) in [6.45, 7) is 3.99. The van der Waals surface area contributed by atoms with Gasteiger partial charge in [-0.3, -0.25) is 14.4 Å². The summed E-state index contributed by atoms with van der Waals surface area (Å²) in [4.78, 5) is 34.9. The molecule has 1 aliphatic rings. The minimum atomic E-state index is -1.02. The topological polar surface area (TPSA) is 108 Å². The van der Waals surface area contributed by atoms with Gasteiger partial charge in [-0.05, 0) is 12.3 Å². The van der Waals surface area contributed by atoms with Gasteiger partial charge >= 0.3 is 0 Å². The summed E-state index contributed by atoms with van der Waals surface area (Å²) in [5.74, 6) is -0.432. The number of aliphatic hydroxyl groups excluding tert-OH is 1. The lowest BCUT2D eigenvalue weighted by atomic mass is 10.1. The molecule has 0 bridgehead atoms. The van der Waals surface area contributed by atoms with Gasteiger partial charge in [0.05, 0.1) is 19.8 Å². The number of aliphatic hydroxyl groups is 1. The molecule has 0 aromatic heterocycles. The quantitative estimate of drug-likeness (QED) is 0.360. The molecule has 126 valence electrons. The molecule has 1 aliphatic heterocycles. The van der Waals surface area contributed by atoms with Gasteiger partial charge in [-0.15, -0.1) is 0 Å². The number of unbranched alkanes of at least 4 members (excludes halogenated alkanes) is 1. The number of carbonyl (C=O) groups excluding carboxylic acids is 3. The van der Waals surface area contributed by atoms with Gasteiger partial charge in [-0.25, -0.2) is 0 Å². The first-order valence-corrected chi connectivity index (χ1v) is 7.76. The SMILES string of the molecule is CC(C)CCCCC(=O)NC(CO)C(=O)NCC(=O)C1CO1. The van der Waals surface area contributed by atoms with Crippen LogP contribution in [0.4, 0.5) is 0 Å². The Labute approximate surface area is 130 Å². The minimum absolute atomic E-state index is 0.149. The zero-order chi connectivity index (χ0) is 16.5. The fourth-order valence-electron chi connectivity index (χ4n) is 1.94. The lowest BCUT2D eigenvalue weighted by molar-refractivity contribution is -0.131. The molecule has 1 heterocycles. The Balaban J connectivity index is 2.22. The maximum atomic E-state index is 11.8. The van der Waals surface area contributed by atoms with Crippen molar-refractivity contribution in [2.24, 2.45) is 5.92 Å². The number of rotatable bonds is 11. The van der Waals surface area contributed by atoms with E-state index in [4.69, 9.17) is 4.74 Å². The highest BCUT2D eigenvalue weighted by molar-refractivity contribution is 5.93. The van der Waals surface area contributed by atoms with Gasteiger partial charge < -0.3 is 20.5 Å². The number of Topliss-reactive ketones (excluding diaryl/α,β-unsaturated/α-hetero) is 1. The normalized spacial score (nSPS) is 17.9. The maximum absolute atomic E-state index is 11.8. The van der Waals surface area contributed by atoms with Crippen molar-refractivity contribution in [3.8, 4) is 0 Å². The Morgan fingerprint density at radius 2 is 1.95 bits per heavy atom. The highest BCUT2D eigenvalue weighted by Gasteiger charge is 2.31. The fourth-order valence-corrected chi connectivity index (χ4v) is 1.94. The Morgan fingerprint density at radius 1 is 1.27 bits per heavy atom. The van der Waals surface area contributed by atoms with Crippen molar-refractivity contribution in [1.82, 2.24) is 10.6 Å². The summed E-state index contributed by atoms with van der Waals surface area (Å²) in [5, 5.41) is 14.1. The molecule has 2 unspecified atom stereocenters. The number of nitrogens with one attached hydrogen (secondary N) is 2. The van der Waals surface area contributed by atoms with Crippen LogP contribution in [0.15, 0.2) is 0 Å². The van der Waals surface area contributed by atoms with E-state index in [-0.39, 0.29) is 18.2 Å². The Hall–Kier alpha value is -1.47. The van der Waals surface area contributed by atoms with E-state index in [9.17, 15) is 19.5 Å². The Morgan fingerprint density at radius 3 is 2.50 bits per heavy atom. The molecule has 7 nitrogen and oxygen atoms in total. The van der Waals surface area contributed by atoms with Crippen LogP contribution in [0.2, 0.25) is 0 Å². The number of amides is 2. The van der Waals surface area contributed by atoms with Crippen LogP contribution in [0, 0.1) is 5.92 Å². The van der Waals surface area contributed by atoms with Gasteiger partial charge in [0, 0.05) is 6.42 Å². The lowest BCUT2D eigenvalue weighted by Crippen LogP contribution is -2.50. The van der Waals surface area contributed by atoms with E-state index in [1.54, 1.807) is 0 Å². The second-order valence-corrected chi connectivity index (χ2v) is 5.95. The van der Waals surface area contributed by atoms with Crippen molar-refractivity contribution in [1.29, 1.82) is 0 Å². The predicted octanol–water partition coefficient (Wildman–Crippen LogP) is -0.236. The molecule has 0 aliphatic carbocycles. The van der Waals surface area contributed by atoms with Crippen molar-refractivity contribution in [2.75, 3.05) is 19.8 Å². The van der Waals surface area contributed by atoms with Gasteiger partial charge in [-0.1, -0.05) is 26.7 Å². The third-order valence-electron chi connectivity index (χ3n) is 3.40. The highest BCUT2D eigenvalue weighted by atomic mass is 16.6. The summed E-state index contributed by atoms with van der Waals surface area (Å²) >= 11 is 0. The van der Waals surface area contributed by atoms with E-state index in [0.717, 1.165) is 19.3 Å². The summed E-state index contributed by atoms with van der Waals surface area (Å²) in [6, 6.07) is -1.02. The number of hydrogen-bond acceptors (Lipinski definition) is 5. The molecule has 0 aromatic rings. The smallest absolute Gasteiger partial charge is 0.245 e. The van der Waals surface area contributed by atoms with Crippen LogP contribution in [-0.4, -0.2) is 54.6 Å². The average Bonchev–Trinajstić information content (AvgIpc) is 3.30. The molecule has 1 fully saturated rings. The lowest BCUT2D eigenvalue weighted by Gasteiger charge is -2.16. The van der Waals surface area contributed by atoms with Crippen LogP contribution in [0.3, 0.4) is 0 Å². The second-order valence-electron chi connectivity index (χ2n) is 5.95. The Bertz CT molecular complexity index is 393. The summed E-state index contributed by atoms with van der Waals surface area (Å²) in [5.41, 5.74) is 0. The maximum Gasteiger partial charge on any atom is 0.245 e. The molecule has 3 N–H and O–H groups in total. The Kier molecular flexibility index (Phi) is 8.05. The summed E-state index contributed by atoms with van der Waals surface area (Å²) in [7, 11) is 0. The molecule has 0 saturated carbocycles. The van der Waals surface area contributed by atoms with Crippen molar-refractivity contribution in [3.05, 3.63) is 0 Å². The summed E-state index contributed by atoms with van der Waals surface area (Å²) in [6.07, 6.45) is 2.68. The van der Waals surface area contributed by atoms with Gasteiger partial charge in [-0.2, -0.15) is 0 Å². The minimum Gasteiger partial charge on any atom is -0.394 e. The van der Waals surface area contributed by atoms with Gasteiger partial charge in [0.25, 0.3) is 0 Å². The zero-order valence-electron chi connectivity index (χ0n) is 13.3. The number of epoxide rings is 1. The second kappa shape index (κ2) is 9.53. The fraction of sp³-hybridized carbons (Fsp3) is 0.800. The molecular weight excluding hydrogens is 288 g/mol. The molecule has 2 amide bonds. The first-order valence-electron chi connectivity index (χ1n) is 7.76. The van der Waals surface area contributed by atoms with Crippen LogP contribution in [-0.2, 0) is 19.1 Å². The molecule has 22 heavy (non-hydrogen) atoms. The van der Waals surface area contributed by atoms with E-state index in [1.165, 1.54) is 0 Å². The molecule has 0 spiro atoms. The zero-order valence-corrected chi connectivity index (χ0v) is 13.3. The highest BCUT2D eigenvalue weighted by Crippen LogP contribution is 2.09. The van der Waals surface area contributed by atoms with Crippen LogP contribution >= 0.6 is 0 Å². The summed E-state index contributed by atoms with van der Waals surface area (Å²) < 4.78 is 4.81. The molecule has 0 aromatic carbocycles. The van der Waals surface area contributed by atoms with Crippen LogP contribution in [0.25, 0.3) is 0 Å². The first kappa shape index (κ1) is 18.6. The van der Waals surface area contributed by atoms with Crippen LogP contribution < -0.4 is 10.6 Å². The van der Waals surface area contributed by atoms with E-state index < -0.39 is 24.7 Å². The van der Waals surface area contributed by atoms with E-state index >= 15 is 0 Å². The monoisotopic (exact) mass is 314 g/mol. The van der Waals surface area contributed by atoms with E-state index in [2.05, 4.69) is 24.5 Å². The first-order chi connectivity index (χ1) is 10.4. The molecule has 0 radical (unpaired) electrons. The van der Waals surface area contributed by atoms with Gasteiger partial charge in [0.15, 0.2) is 5.78 Å². The molecule has 2 atom stereocenters. The number of ketones is 1. The van der Waals surface area contributed by atoms with Crippen molar-refractivity contribution in [2.45, 2.75) is 51.7 Å². The molecule has 7 heteroatoms. The third kappa shape index (κ3) is 7.51. The number of ether oxygens (including phenoxy) is 1. The standard InChI is InChI=1S/C15H26N2O5/c1-10(2)5-3-4-6-14(20)17-11(8-18)15(21)16-7-12(19)13-9-22-13/h10-11,13,18H,3-9H2,1-2H3,(H,16,21)(H,17,20). The van der Waals surface area contributed by atoms with Crippen molar-refractivity contribution < 1.29 is 24.2 Å². The van der Waals surface area contributed by atoms with Crippen LogP contribution in [0.1, 0.15) is 39.5 Å². The van der Waals surface area contributed by atoms with E-state index in [1.807, 2.05) is 0 Å². The van der Waals surface area contributed by atoms with Gasteiger partial charge in [0.2, 0.25) is 11.8 Å². The third-order valence-corrected chi connectivity index (χ3v) is 3.40. The van der Waals surface area contributed by atoms with Crippen molar-refractivity contribution in [3.63, 3.8) is 0 Å². The average molecular weight is 314 g/mol. The predicted molar refractivity (Wildman–Crippen MR) is 80.1 cm³/mol. The largest absolute Gasteiger partial charge is 0.394 e. The van der Waals surface area contributed by atoms with E-state index in [0.29, 0.717) is 18.9 Å².